The minimum absolute atomic E-state index is 0.0973. The molecule has 2 N–H and O–H groups in total. The summed E-state index contributed by atoms with van der Waals surface area (Å²) >= 11 is 6.63. The average molecular weight is 662 g/mol. The van der Waals surface area contributed by atoms with Crippen LogP contribution in [0, 0.1) is 17.8 Å². The number of fused-ring (bicyclic) bond motifs is 2. The van der Waals surface area contributed by atoms with E-state index in [4.69, 9.17) is 21.1 Å². The second kappa shape index (κ2) is 13.3. The zero-order chi connectivity index (χ0) is 33.5. The molecule has 2 aromatic rings. The Morgan fingerprint density at radius 1 is 1.02 bits per heavy atom. The number of aliphatic hydroxyl groups is 1. The molecule has 4 aliphatic heterocycles. The lowest BCUT2D eigenvalue weighted by Gasteiger charge is -2.40. The number of likely N-dealkylation sites (tertiary alicyclic amines) is 1. The molecular formula is C36H40ClN3O7. The first-order valence-corrected chi connectivity index (χ1v) is 16.5. The van der Waals surface area contributed by atoms with Crippen LogP contribution in [0.5, 0.6) is 0 Å². The van der Waals surface area contributed by atoms with Crippen LogP contribution in [-0.2, 0) is 28.7 Å². The molecule has 0 aliphatic carbocycles. The Morgan fingerprint density at radius 2 is 1.74 bits per heavy atom. The summed E-state index contributed by atoms with van der Waals surface area (Å²) in [5.41, 5.74) is -0.364. The number of amides is 3. The highest BCUT2D eigenvalue weighted by molar-refractivity contribution is 6.34. The molecular weight excluding hydrogens is 622 g/mol. The SMILES string of the molecule is CC(C)[C@H](CO)N1C(=O)[C@@H]2[C@H]3C(=O)O[C@@H](c4ccccc4)[C@H](C)NC(=O)CC/C=C\CN(c4ccccc4Cl)C(=O)[C@@H]1[C@]21C=C[C@H]3O1. The van der Waals surface area contributed by atoms with Gasteiger partial charge in [0.25, 0.3) is 5.91 Å². The highest BCUT2D eigenvalue weighted by Gasteiger charge is 2.74. The molecule has 1 spiro atoms. The fourth-order valence-electron chi connectivity index (χ4n) is 7.48. The summed E-state index contributed by atoms with van der Waals surface area (Å²) < 4.78 is 12.7. The second-order valence-corrected chi connectivity index (χ2v) is 13.4. The summed E-state index contributed by atoms with van der Waals surface area (Å²) in [6.07, 6.45) is 5.99. The van der Waals surface area contributed by atoms with E-state index in [0.717, 1.165) is 0 Å². The number of allylic oxidation sites excluding steroid dienone is 1. The summed E-state index contributed by atoms with van der Waals surface area (Å²) in [5.74, 6) is -4.17. The van der Waals surface area contributed by atoms with E-state index in [1.165, 1.54) is 9.80 Å². The number of cyclic esters (lactones) is 1. The molecule has 4 aliphatic rings. The topological polar surface area (TPSA) is 125 Å². The summed E-state index contributed by atoms with van der Waals surface area (Å²) in [6, 6.07) is 13.5. The van der Waals surface area contributed by atoms with Crippen molar-refractivity contribution < 1.29 is 33.8 Å². The standard InChI is InChI=1S/C36H40ClN3O7/c1-21(2)26(20-41)40-32-34(44)39(25-15-10-9-14-24(25)37)19-11-5-8-16-28(42)38-22(3)31(23-12-6-4-7-13-23)46-35(45)29-27-17-18-36(32,47-27)30(29)33(40)43/h4-7,9-15,17-18,21-22,26-27,29-32,41H,8,16,19-20H2,1-3H3,(H,38,42)/b11-5-/t22-,26-,27+,29-,30-,31+,32+,36-/m0/s1. The molecule has 4 heterocycles. The zero-order valence-corrected chi connectivity index (χ0v) is 27.4. The Morgan fingerprint density at radius 3 is 2.45 bits per heavy atom. The number of hydrogen-bond acceptors (Lipinski definition) is 7. The van der Waals surface area contributed by atoms with E-state index in [2.05, 4.69) is 5.32 Å². The van der Waals surface area contributed by atoms with Crippen molar-refractivity contribution in [3.8, 4) is 0 Å². The normalized spacial score (nSPS) is 32.4. The van der Waals surface area contributed by atoms with Crippen molar-refractivity contribution in [3.05, 3.63) is 89.5 Å². The van der Waals surface area contributed by atoms with Gasteiger partial charge in [-0.1, -0.05) is 92.2 Å². The van der Waals surface area contributed by atoms with Gasteiger partial charge in [-0.05, 0) is 37.0 Å². The van der Waals surface area contributed by atoms with Crippen molar-refractivity contribution in [2.24, 2.45) is 17.8 Å². The summed E-state index contributed by atoms with van der Waals surface area (Å²) in [6.45, 7) is 5.22. The Bertz CT molecular complexity index is 1600. The van der Waals surface area contributed by atoms with Crippen LogP contribution < -0.4 is 10.2 Å². The van der Waals surface area contributed by atoms with Crippen LogP contribution in [0.25, 0.3) is 0 Å². The van der Waals surface area contributed by atoms with Gasteiger partial charge >= 0.3 is 5.97 Å². The molecule has 2 fully saturated rings. The van der Waals surface area contributed by atoms with Crippen molar-refractivity contribution in [1.29, 1.82) is 0 Å². The smallest absolute Gasteiger partial charge is 0.313 e. The van der Waals surface area contributed by atoms with E-state index >= 15 is 0 Å². The van der Waals surface area contributed by atoms with Crippen LogP contribution in [0.4, 0.5) is 5.69 Å². The lowest BCUT2D eigenvalue weighted by Crippen LogP contribution is -2.59. The second-order valence-electron chi connectivity index (χ2n) is 13.0. The van der Waals surface area contributed by atoms with Gasteiger partial charge < -0.3 is 29.7 Å². The van der Waals surface area contributed by atoms with Crippen molar-refractivity contribution in [2.75, 3.05) is 18.1 Å². The van der Waals surface area contributed by atoms with Crippen molar-refractivity contribution >= 4 is 41.0 Å². The van der Waals surface area contributed by atoms with E-state index in [1.807, 2.05) is 50.3 Å². The lowest BCUT2D eigenvalue weighted by atomic mass is 9.74. The molecule has 0 unspecified atom stereocenters. The third kappa shape index (κ3) is 5.76. The molecule has 5 bridgehead atoms. The molecule has 248 valence electrons. The highest BCUT2D eigenvalue weighted by atomic mass is 35.5. The maximum atomic E-state index is 15.0. The molecule has 10 nitrogen and oxygen atoms in total. The minimum Gasteiger partial charge on any atom is -0.455 e. The monoisotopic (exact) mass is 661 g/mol. The predicted octanol–water partition coefficient (Wildman–Crippen LogP) is 3.98. The van der Waals surface area contributed by atoms with Gasteiger partial charge in [-0.2, -0.15) is 0 Å². The lowest BCUT2D eigenvalue weighted by molar-refractivity contribution is -0.161. The van der Waals surface area contributed by atoms with Crippen molar-refractivity contribution in [1.82, 2.24) is 10.2 Å². The number of para-hydroxylation sites is 1. The third-order valence-electron chi connectivity index (χ3n) is 9.75. The Balaban J connectivity index is 1.49. The van der Waals surface area contributed by atoms with Crippen molar-refractivity contribution in [3.63, 3.8) is 0 Å². The number of halogens is 1. The number of rotatable bonds is 5. The predicted molar refractivity (Wildman–Crippen MR) is 175 cm³/mol. The van der Waals surface area contributed by atoms with Crippen molar-refractivity contribution in [2.45, 2.75) is 69.5 Å². The molecule has 0 saturated carbocycles. The molecule has 2 saturated heterocycles. The number of aliphatic hydroxyl groups excluding tert-OH is 1. The summed E-state index contributed by atoms with van der Waals surface area (Å²) in [4.78, 5) is 59.7. The Kier molecular flexibility index (Phi) is 9.29. The minimum atomic E-state index is -1.48. The number of nitrogens with one attached hydrogen (secondary N) is 1. The number of nitrogens with zero attached hydrogens (tertiary/aromatic N) is 2. The molecule has 11 heteroatoms. The first-order chi connectivity index (χ1) is 22.6. The number of hydrogen-bond donors (Lipinski definition) is 2. The fraction of sp³-hybridized carbons (Fsp3) is 0.444. The highest BCUT2D eigenvalue weighted by Crippen LogP contribution is 2.56. The van der Waals surface area contributed by atoms with E-state index in [9.17, 15) is 24.3 Å². The van der Waals surface area contributed by atoms with Crippen LogP contribution in [0.1, 0.15) is 45.3 Å². The number of anilines is 1. The van der Waals surface area contributed by atoms with Gasteiger partial charge in [-0.25, -0.2) is 0 Å². The number of esters is 1. The maximum Gasteiger partial charge on any atom is 0.313 e. The van der Waals surface area contributed by atoms with Gasteiger partial charge in [-0.15, -0.1) is 0 Å². The van der Waals surface area contributed by atoms with E-state index in [0.29, 0.717) is 22.7 Å². The van der Waals surface area contributed by atoms with Gasteiger partial charge in [0.15, 0.2) is 0 Å². The van der Waals surface area contributed by atoms with Crippen LogP contribution in [-0.4, -0.2) is 76.7 Å². The van der Waals surface area contributed by atoms with E-state index in [1.54, 1.807) is 49.4 Å². The van der Waals surface area contributed by atoms with Crippen LogP contribution in [0.15, 0.2) is 78.9 Å². The van der Waals surface area contributed by atoms with Crippen LogP contribution in [0.3, 0.4) is 0 Å². The van der Waals surface area contributed by atoms with Gasteiger partial charge in [0.1, 0.15) is 23.7 Å². The first kappa shape index (κ1) is 32.9. The number of benzene rings is 2. The average Bonchev–Trinajstić information content (AvgIpc) is 3.69. The van der Waals surface area contributed by atoms with Crippen LogP contribution >= 0.6 is 11.6 Å². The van der Waals surface area contributed by atoms with Gasteiger partial charge in [0.05, 0.1) is 41.4 Å². The third-order valence-corrected chi connectivity index (χ3v) is 10.1. The summed E-state index contributed by atoms with van der Waals surface area (Å²) in [7, 11) is 0. The molecule has 0 radical (unpaired) electrons. The number of ether oxygens (including phenoxy) is 2. The van der Waals surface area contributed by atoms with E-state index in [-0.39, 0.29) is 24.8 Å². The fourth-order valence-corrected chi connectivity index (χ4v) is 7.72. The molecule has 6 rings (SSSR count). The van der Waals surface area contributed by atoms with Gasteiger partial charge in [-0.3, -0.25) is 19.2 Å². The zero-order valence-electron chi connectivity index (χ0n) is 26.6. The van der Waals surface area contributed by atoms with Gasteiger partial charge in [0, 0.05) is 13.0 Å². The molecule has 47 heavy (non-hydrogen) atoms. The molecule has 8 atom stereocenters. The van der Waals surface area contributed by atoms with Crippen LogP contribution in [0.2, 0.25) is 5.02 Å². The number of carbonyl (C=O) groups is 4. The Hall–Kier alpha value is -3.99. The Labute approximate surface area is 279 Å². The van der Waals surface area contributed by atoms with E-state index < -0.39 is 72.2 Å². The quantitative estimate of drug-likeness (QED) is 0.367. The largest absolute Gasteiger partial charge is 0.455 e. The van der Waals surface area contributed by atoms with Gasteiger partial charge in [0.2, 0.25) is 11.8 Å². The molecule has 2 aromatic carbocycles. The first-order valence-electron chi connectivity index (χ1n) is 16.1. The molecule has 0 aromatic heterocycles. The maximum absolute atomic E-state index is 15.0. The molecule has 3 amide bonds. The summed E-state index contributed by atoms with van der Waals surface area (Å²) in [5, 5.41) is 13.9. The number of carbonyl (C=O) groups excluding carboxylic acids is 4.